The maximum atomic E-state index is 12.1. The van der Waals surface area contributed by atoms with E-state index in [9.17, 15) is 13.2 Å². The Labute approximate surface area is 115 Å². The van der Waals surface area contributed by atoms with Crippen LogP contribution < -0.4 is 10.0 Å². The first-order chi connectivity index (χ1) is 8.97. The molecule has 0 unspecified atom stereocenters. The molecule has 0 aromatic carbocycles. The molecule has 106 valence electrons. The van der Waals surface area contributed by atoms with Crippen molar-refractivity contribution in [1.82, 2.24) is 10.0 Å². The summed E-state index contributed by atoms with van der Waals surface area (Å²) in [5.74, 6) is -0.961. The van der Waals surface area contributed by atoms with Gasteiger partial charge in [0.1, 0.15) is 4.21 Å². The molecule has 0 spiro atoms. The summed E-state index contributed by atoms with van der Waals surface area (Å²) in [6.07, 6.45) is 1.40. The number of carbonyl (C=O) groups is 1. The first kappa shape index (κ1) is 14.4. The van der Waals surface area contributed by atoms with Gasteiger partial charge >= 0.3 is 5.97 Å². The summed E-state index contributed by atoms with van der Waals surface area (Å²) in [5, 5.41) is 11.8. The predicted molar refractivity (Wildman–Crippen MR) is 71.9 cm³/mol. The van der Waals surface area contributed by atoms with Crippen molar-refractivity contribution in [3.63, 3.8) is 0 Å². The van der Waals surface area contributed by atoms with Gasteiger partial charge in [-0.25, -0.2) is 13.1 Å². The number of thiophene rings is 1. The second-order valence-electron chi connectivity index (χ2n) is 4.44. The molecule has 19 heavy (non-hydrogen) atoms. The zero-order chi connectivity index (χ0) is 13.9. The first-order valence-corrected chi connectivity index (χ1v) is 8.31. The fourth-order valence-electron chi connectivity index (χ4n) is 1.96. The van der Waals surface area contributed by atoms with Gasteiger partial charge in [0.05, 0.1) is 6.42 Å². The smallest absolute Gasteiger partial charge is 0.308 e. The minimum atomic E-state index is -3.53. The van der Waals surface area contributed by atoms with Crippen LogP contribution in [0, 0.1) is 0 Å². The molecule has 0 saturated carbocycles. The summed E-state index contributed by atoms with van der Waals surface area (Å²) in [6, 6.07) is 2.97. The highest BCUT2D eigenvalue weighted by Gasteiger charge is 2.23. The molecule has 0 amide bonds. The molecule has 0 radical (unpaired) electrons. The van der Waals surface area contributed by atoms with Crippen LogP contribution in [0.2, 0.25) is 0 Å². The molecule has 1 aliphatic rings. The Morgan fingerprint density at radius 1 is 1.42 bits per heavy atom. The van der Waals surface area contributed by atoms with Gasteiger partial charge in [0.15, 0.2) is 0 Å². The van der Waals surface area contributed by atoms with Gasteiger partial charge in [-0.3, -0.25) is 4.79 Å². The quantitative estimate of drug-likeness (QED) is 0.732. The largest absolute Gasteiger partial charge is 0.481 e. The molecule has 1 aromatic heterocycles. The average molecular weight is 304 g/mol. The predicted octanol–water partition coefficient (Wildman–Crippen LogP) is 0.405. The molecule has 1 aromatic rings. The zero-order valence-electron chi connectivity index (χ0n) is 10.3. The number of nitrogens with one attached hydrogen (secondary N) is 2. The van der Waals surface area contributed by atoms with E-state index in [4.69, 9.17) is 5.11 Å². The zero-order valence-corrected chi connectivity index (χ0v) is 11.9. The van der Waals surface area contributed by atoms with Crippen molar-refractivity contribution in [1.29, 1.82) is 0 Å². The van der Waals surface area contributed by atoms with Gasteiger partial charge < -0.3 is 10.4 Å². The normalized spacial score (nSPS) is 17.5. The van der Waals surface area contributed by atoms with E-state index in [2.05, 4.69) is 10.0 Å². The number of hydrogen-bond donors (Lipinski definition) is 3. The second kappa shape index (κ2) is 6.00. The van der Waals surface area contributed by atoms with E-state index in [1.165, 1.54) is 6.07 Å². The lowest BCUT2D eigenvalue weighted by Crippen LogP contribution is -2.42. The molecule has 2 heterocycles. The lowest BCUT2D eigenvalue weighted by molar-refractivity contribution is -0.136. The third-order valence-corrected chi connectivity index (χ3v) is 5.99. The minimum Gasteiger partial charge on any atom is -0.481 e. The number of carboxylic acids is 1. The summed E-state index contributed by atoms with van der Waals surface area (Å²) in [7, 11) is -3.53. The number of rotatable bonds is 5. The van der Waals surface area contributed by atoms with Gasteiger partial charge in [-0.2, -0.15) is 0 Å². The highest BCUT2D eigenvalue weighted by atomic mass is 32.2. The minimum absolute atomic E-state index is 0.0451. The molecule has 8 heteroatoms. The fourth-order valence-corrected chi connectivity index (χ4v) is 4.63. The van der Waals surface area contributed by atoms with Crippen molar-refractivity contribution in [3.05, 3.63) is 17.0 Å². The summed E-state index contributed by atoms with van der Waals surface area (Å²) in [6.45, 7) is 1.61. The molecule has 1 aliphatic heterocycles. The van der Waals surface area contributed by atoms with Crippen molar-refractivity contribution in [3.8, 4) is 0 Å². The van der Waals surface area contributed by atoms with E-state index >= 15 is 0 Å². The van der Waals surface area contributed by atoms with Crippen LogP contribution in [0.4, 0.5) is 0 Å². The number of sulfonamides is 1. The molecule has 1 saturated heterocycles. The number of carboxylic acid groups (broad SMARTS) is 1. The summed E-state index contributed by atoms with van der Waals surface area (Å²) in [4.78, 5) is 11.1. The Hall–Kier alpha value is -0.960. The van der Waals surface area contributed by atoms with Crippen LogP contribution in [0.25, 0.3) is 0 Å². The van der Waals surface area contributed by atoms with Gasteiger partial charge in [0.25, 0.3) is 0 Å². The molecule has 0 aliphatic carbocycles. The van der Waals surface area contributed by atoms with Crippen LogP contribution in [0.3, 0.4) is 0 Å². The van der Waals surface area contributed by atoms with E-state index in [-0.39, 0.29) is 16.7 Å². The van der Waals surface area contributed by atoms with Crippen molar-refractivity contribution < 1.29 is 18.3 Å². The SMILES string of the molecule is O=C(O)Cc1ccc(S(=O)(=O)NC2CCNCC2)s1. The Morgan fingerprint density at radius 2 is 2.11 bits per heavy atom. The third-order valence-electron chi connectivity index (χ3n) is 2.89. The maximum Gasteiger partial charge on any atom is 0.308 e. The van der Waals surface area contributed by atoms with Gasteiger partial charge in [-0.1, -0.05) is 0 Å². The Morgan fingerprint density at radius 3 is 2.74 bits per heavy atom. The molecule has 0 atom stereocenters. The van der Waals surface area contributed by atoms with Crippen molar-refractivity contribution >= 4 is 27.3 Å². The van der Waals surface area contributed by atoms with Crippen LogP contribution in [-0.2, 0) is 21.2 Å². The number of piperidine rings is 1. The second-order valence-corrected chi connectivity index (χ2v) is 7.55. The van der Waals surface area contributed by atoms with Crippen molar-refractivity contribution in [2.75, 3.05) is 13.1 Å². The molecular formula is C11H16N2O4S2. The van der Waals surface area contributed by atoms with Crippen molar-refractivity contribution in [2.24, 2.45) is 0 Å². The Balaban J connectivity index is 2.06. The standard InChI is InChI=1S/C11H16N2O4S2/c14-10(15)7-9-1-2-11(18-9)19(16,17)13-8-3-5-12-6-4-8/h1-2,8,12-13H,3-7H2,(H,14,15). The molecular weight excluding hydrogens is 288 g/mol. The lowest BCUT2D eigenvalue weighted by atomic mass is 10.1. The first-order valence-electron chi connectivity index (χ1n) is 6.01. The molecule has 0 bridgehead atoms. The van der Waals surface area contributed by atoms with E-state index in [1.807, 2.05) is 0 Å². The number of hydrogen-bond acceptors (Lipinski definition) is 5. The summed E-state index contributed by atoms with van der Waals surface area (Å²) < 4.78 is 27.1. The fraction of sp³-hybridized carbons (Fsp3) is 0.545. The summed E-state index contributed by atoms with van der Waals surface area (Å²) in [5.41, 5.74) is 0. The molecule has 6 nitrogen and oxygen atoms in total. The van der Waals surface area contributed by atoms with Crippen LogP contribution in [-0.4, -0.2) is 38.6 Å². The number of aliphatic carboxylic acids is 1. The topological polar surface area (TPSA) is 95.5 Å². The van der Waals surface area contributed by atoms with E-state index in [0.29, 0.717) is 4.88 Å². The van der Waals surface area contributed by atoms with Gasteiger partial charge in [-0.15, -0.1) is 11.3 Å². The van der Waals surface area contributed by atoms with Crippen LogP contribution >= 0.6 is 11.3 Å². The van der Waals surface area contributed by atoms with Crippen LogP contribution in [0.5, 0.6) is 0 Å². The van der Waals surface area contributed by atoms with Crippen LogP contribution in [0.15, 0.2) is 16.3 Å². The van der Waals surface area contributed by atoms with Crippen LogP contribution in [0.1, 0.15) is 17.7 Å². The van der Waals surface area contributed by atoms with E-state index in [0.717, 1.165) is 37.3 Å². The maximum absolute atomic E-state index is 12.1. The third kappa shape index (κ3) is 4.00. The Bertz CT molecular complexity index is 547. The van der Waals surface area contributed by atoms with Gasteiger partial charge in [-0.05, 0) is 38.1 Å². The molecule has 3 N–H and O–H groups in total. The van der Waals surface area contributed by atoms with Gasteiger partial charge in [0, 0.05) is 10.9 Å². The Kier molecular flexibility index (Phi) is 4.56. The van der Waals surface area contributed by atoms with Crippen molar-refractivity contribution in [2.45, 2.75) is 29.5 Å². The monoisotopic (exact) mass is 304 g/mol. The van der Waals surface area contributed by atoms with Gasteiger partial charge in [0.2, 0.25) is 10.0 Å². The summed E-state index contributed by atoms with van der Waals surface area (Å²) >= 11 is 1.01. The highest BCUT2D eigenvalue weighted by molar-refractivity contribution is 7.91. The molecule has 2 rings (SSSR count). The highest BCUT2D eigenvalue weighted by Crippen LogP contribution is 2.22. The van der Waals surface area contributed by atoms with E-state index < -0.39 is 16.0 Å². The molecule has 1 fully saturated rings. The average Bonchev–Trinajstić information content (AvgIpc) is 2.78. The van der Waals surface area contributed by atoms with E-state index in [1.54, 1.807) is 6.07 Å². The lowest BCUT2D eigenvalue weighted by Gasteiger charge is -2.23.